The maximum Gasteiger partial charge on any atom is 0.529 e. The zero-order valence-corrected chi connectivity index (χ0v) is 17.7. The average molecular weight is 323 g/mol. The minimum absolute atomic E-state index is 0.0761. The lowest BCUT2D eigenvalue weighted by atomic mass is 10.5. The fourth-order valence-electron chi connectivity index (χ4n) is 1.21. The van der Waals surface area contributed by atoms with Crippen LogP contribution in [0.25, 0.3) is 0 Å². The van der Waals surface area contributed by atoms with E-state index in [2.05, 4.69) is 6.58 Å². The minimum Gasteiger partial charge on any atom is -0.426 e. The lowest BCUT2D eigenvalue weighted by molar-refractivity contribution is 0.0140. The van der Waals surface area contributed by atoms with Gasteiger partial charge in [0.2, 0.25) is 0 Å². The molecule has 0 radical (unpaired) electrons. The third-order valence-corrected chi connectivity index (χ3v) is 5.76. The molecular weight excluding hydrogens is 288 g/mol. The molecule has 6 heteroatoms. The first-order valence-electron chi connectivity index (χ1n) is 7.28. The summed E-state index contributed by atoms with van der Waals surface area (Å²) in [4.78, 5) is 0. The molecule has 0 aromatic rings. The lowest BCUT2D eigenvalue weighted by Crippen LogP contribution is -2.49. The Kier molecular flexibility index (Phi) is 13.0. The van der Waals surface area contributed by atoms with Crippen LogP contribution in [0.2, 0.25) is 0 Å². The van der Waals surface area contributed by atoms with Crippen molar-refractivity contribution in [3.8, 4) is 0 Å². The van der Waals surface area contributed by atoms with Crippen molar-refractivity contribution in [3.63, 3.8) is 0 Å². The average Bonchev–Trinajstić information content (AvgIpc) is 2.26. The van der Waals surface area contributed by atoms with Crippen LogP contribution in [0.5, 0.6) is 0 Å². The van der Waals surface area contributed by atoms with Crippen LogP contribution in [0.1, 0.15) is 55.4 Å². The monoisotopic (exact) mass is 322 g/mol. The van der Waals surface area contributed by atoms with E-state index in [0.717, 1.165) is 10.5 Å². The largest absolute Gasteiger partial charge is 0.529 e. The van der Waals surface area contributed by atoms with E-state index in [1.54, 1.807) is 5.70 Å². The van der Waals surface area contributed by atoms with Crippen molar-refractivity contribution in [1.29, 1.82) is 0 Å². The van der Waals surface area contributed by atoms with Crippen molar-refractivity contribution in [2.45, 2.75) is 79.8 Å². The topological polar surface area (TPSA) is 36.9 Å². The zero-order chi connectivity index (χ0) is 16.3. The fraction of sp³-hybridized carbons (Fsp3) is 0.857. The molecule has 0 unspecified atom stereocenters. The molecule has 0 fully saturated rings. The first kappa shape index (κ1) is 22.3. The van der Waals surface area contributed by atoms with Crippen LogP contribution >= 0.6 is 0 Å². The van der Waals surface area contributed by atoms with E-state index in [9.17, 15) is 0 Å². The van der Waals surface area contributed by atoms with Gasteiger partial charge >= 0.3 is 8.80 Å². The number of hydrogen-bond donors (Lipinski definition) is 0. The van der Waals surface area contributed by atoms with Crippen LogP contribution in [-0.4, -0.2) is 43.7 Å². The van der Waals surface area contributed by atoms with Crippen molar-refractivity contribution in [1.82, 2.24) is 0 Å². The van der Waals surface area contributed by atoms with Crippen molar-refractivity contribution in [3.05, 3.63) is 12.3 Å². The van der Waals surface area contributed by atoms with Gasteiger partial charge in [-0.2, -0.15) is 0 Å². The molecule has 0 heterocycles. The highest BCUT2D eigenvalue weighted by molar-refractivity contribution is 6.66. The van der Waals surface area contributed by atoms with Gasteiger partial charge in [0.1, 0.15) is 10.5 Å². The van der Waals surface area contributed by atoms with Crippen molar-refractivity contribution in [2.75, 3.05) is 0 Å². The summed E-state index contributed by atoms with van der Waals surface area (Å²) in [6.45, 7) is 19.7. The molecular formula is C14H34O4Si2. The third-order valence-electron chi connectivity index (χ3n) is 1.92. The Morgan fingerprint density at radius 2 is 1.00 bits per heavy atom. The summed E-state index contributed by atoms with van der Waals surface area (Å²) in [7, 11) is -1.82. The first-order chi connectivity index (χ1) is 9.08. The molecule has 0 aromatic heterocycles. The van der Waals surface area contributed by atoms with Gasteiger partial charge in [0, 0.05) is 24.4 Å². The van der Waals surface area contributed by atoms with Gasteiger partial charge in [-0.1, -0.05) is 6.58 Å². The molecule has 0 aliphatic rings. The highest BCUT2D eigenvalue weighted by Crippen LogP contribution is 2.18. The molecule has 0 saturated heterocycles. The van der Waals surface area contributed by atoms with Gasteiger partial charge in [0.05, 0.1) is 0 Å². The van der Waals surface area contributed by atoms with E-state index in [1.165, 1.54) is 0 Å². The van der Waals surface area contributed by atoms with Gasteiger partial charge in [0.25, 0.3) is 0 Å². The highest BCUT2D eigenvalue weighted by Gasteiger charge is 2.40. The smallest absolute Gasteiger partial charge is 0.426 e. The van der Waals surface area contributed by atoms with Gasteiger partial charge in [-0.3, -0.25) is 0 Å². The van der Waals surface area contributed by atoms with Gasteiger partial charge in [-0.25, -0.2) is 0 Å². The standard InChI is InChI=1S/C11H24O3Si.C3H10OSi/c1-8-15(12-9(2)3,13-10(4)5)14-11(6)7;1-3(2)4-5/h8-11H,1H2,2-7H3;3H,1-2,5H3. The molecule has 0 spiro atoms. The molecule has 0 bridgehead atoms. The van der Waals surface area contributed by atoms with Crippen LogP contribution in [-0.2, 0) is 17.7 Å². The summed E-state index contributed by atoms with van der Waals surface area (Å²) in [6.07, 6.45) is 0.674. The van der Waals surface area contributed by atoms with Crippen LogP contribution in [0, 0.1) is 0 Å². The Balaban J connectivity index is 0. The van der Waals surface area contributed by atoms with E-state index >= 15 is 0 Å². The summed E-state index contributed by atoms with van der Waals surface area (Å²) in [6, 6.07) is 0. The molecule has 0 amide bonds. The molecule has 0 rings (SSSR count). The van der Waals surface area contributed by atoms with Gasteiger partial charge in [0.15, 0.2) is 0 Å². The van der Waals surface area contributed by atoms with Gasteiger partial charge in [-0.15, -0.1) is 0 Å². The van der Waals surface area contributed by atoms with Crippen molar-refractivity contribution < 1.29 is 17.7 Å². The molecule has 122 valence electrons. The SMILES string of the molecule is C=C[Si](OC(C)C)(OC(C)C)OC(C)C.CC(C)O[SiH3]. The molecule has 0 saturated carbocycles. The summed E-state index contributed by atoms with van der Waals surface area (Å²) < 4.78 is 22.2. The summed E-state index contributed by atoms with van der Waals surface area (Å²) in [5.74, 6) is 0. The normalized spacial score (nSPS) is 12.2. The fourth-order valence-corrected chi connectivity index (χ4v) is 3.64. The summed E-state index contributed by atoms with van der Waals surface area (Å²) in [5.41, 5.74) is 1.70. The van der Waals surface area contributed by atoms with Crippen molar-refractivity contribution >= 4 is 19.3 Å². The maximum absolute atomic E-state index is 5.79. The highest BCUT2D eigenvalue weighted by atomic mass is 28.4. The van der Waals surface area contributed by atoms with E-state index in [4.69, 9.17) is 17.7 Å². The van der Waals surface area contributed by atoms with Crippen LogP contribution in [0.3, 0.4) is 0 Å². The summed E-state index contributed by atoms with van der Waals surface area (Å²) in [5, 5.41) is 0. The molecule has 0 aromatic carbocycles. The minimum atomic E-state index is -2.69. The zero-order valence-electron chi connectivity index (χ0n) is 14.7. The van der Waals surface area contributed by atoms with E-state index in [0.29, 0.717) is 6.10 Å². The Bertz CT molecular complexity index is 217. The van der Waals surface area contributed by atoms with Crippen LogP contribution in [0.15, 0.2) is 12.3 Å². The predicted molar refractivity (Wildman–Crippen MR) is 90.8 cm³/mol. The Labute approximate surface area is 129 Å². The molecule has 4 nitrogen and oxygen atoms in total. The van der Waals surface area contributed by atoms with Crippen LogP contribution < -0.4 is 0 Å². The Morgan fingerprint density at radius 3 is 1.10 bits per heavy atom. The van der Waals surface area contributed by atoms with E-state index < -0.39 is 8.80 Å². The number of rotatable bonds is 8. The predicted octanol–water partition coefficient (Wildman–Crippen LogP) is 2.62. The Hall–Kier alpha value is 0.0138. The third kappa shape index (κ3) is 13.0. The molecule has 0 N–H and O–H groups in total. The molecule has 0 aliphatic heterocycles. The van der Waals surface area contributed by atoms with Gasteiger partial charge in [-0.05, 0) is 61.1 Å². The molecule has 0 atom stereocenters. The second kappa shape index (κ2) is 11.6. The quantitative estimate of drug-likeness (QED) is 0.644. The van der Waals surface area contributed by atoms with Crippen LogP contribution in [0.4, 0.5) is 0 Å². The summed E-state index contributed by atoms with van der Waals surface area (Å²) >= 11 is 0. The Morgan fingerprint density at radius 1 is 0.750 bits per heavy atom. The van der Waals surface area contributed by atoms with Gasteiger partial charge < -0.3 is 17.7 Å². The second-order valence-electron chi connectivity index (χ2n) is 5.59. The maximum atomic E-state index is 5.79. The van der Waals surface area contributed by atoms with E-state index in [1.807, 2.05) is 55.4 Å². The molecule has 0 aliphatic carbocycles. The number of hydrogen-bond acceptors (Lipinski definition) is 4. The first-order valence-corrected chi connectivity index (χ1v) is 9.90. The molecule has 20 heavy (non-hydrogen) atoms. The second-order valence-corrected chi connectivity index (χ2v) is 8.39. The van der Waals surface area contributed by atoms with E-state index in [-0.39, 0.29) is 18.3 Å². The van der Waals surface area contributed by atoms with Crippen molar-refractivity contribution in [2.24, 2.45) is 0 Å². The lowest BCUT2D eigenvalue weighted by Gasteiger charge is -2.31.